The molecule has 2 amide bonds. The number of amides is 2. The molecule has 7 heteroatoms. The summed E-state index contributed by atoms with van der Waals surface area (Å²) in [7, 11) is 0. The van der Waals surface area contributed by atoms with Gasteiger partial charge in [0.25, 0.3) is 5.91 Å². The average Bonchev–Trinajstić information content (AvgIpc) is 2.97. The summed E-state index contributed by atoms with van der Waals surface area (Å²) < 4.78 is 0. The molecule has 140 valence electrons. The minimum atomic E-state index is -0.394. The standard InChI is InChI=1S/C20H19Cl2N3O2/c21-14-4-6-16(7-5-14)25-19(26)13-18(20(25)27)24-10-8-23(9-11-24)17-3-1-2-15(22)12-17/h1-7,12,18H,8-11,13H2/t18-/m0/s1. The number of anilines is 2. The molecular weight excluding hydrogens is 385 g/mol. The van der Waals surface area contributed by atoms with Crippen LogP contribution in [0.3, 0.4) is 0 Å². The van der Waals surface area contributed by atoms with Crippen molar-refractivity contribution in [1.82, 2.24) is 4.90 Å². The van der Waals surface area contributed by atoms with E-state index in [1.54, 1.807) is 24.3 Å². The van der Waals surface area contributed by atoms with Crippen LogP contribution in [0.2, 0.25) is 10.0 Å². The van der Waals surface area contributed by atoms with Gasteiger partial charge in [0.2, 0.25) is 5.91 Å². The lowest BCUT2D eigenvalue weighted by molar-refractivity contribution is -0.123. The van der Waals surface area contributed by atoms with Gasteiger partial charge >= 0.3 is 0 Å². The molecule has 1 atom stereocenters. The SMILES string of the molecule is O=C1C[C@H](N2CCN(c3cccc(Cl)c3)CC2)C(=O)N1c1ccc(Cl)cc1. The smallest absolute Gasteiger partial charge is 0.251 e. The summed E-state index contributed by atoms with van der Waals surface area (Å²) in [5, 5.41) is 1.29. The second-order valence-corrected chi connectivity index (χ2v) is 7.64. The van der Waals surface area contributed by atoms with Crippen LogP contribution in [0.15, 0.2) is 48.5 Å². The molecule has 0 bridgehead atoms. The Kier molecular flexibility index (Phi) is 5.08. The Morgan fingerprint density at radius 1 is 0.815 bits per heavy atom. The molecule has 2 aliphatic heterocycles. The predicted molar refractivity (Wildman–Crippen MR) is 108 cm³/mol. The van der Waals surface area contributed by atoms with E-state index >= 15 is 0 Å². The first kappa shape index (κ1) is 18.3. The van der Waals surface area contributed by atoms with Crippen LogP contribution < -0.4 is 9.80 Å². The van der Waals surface area contributed by atoms with E-state index in [9.17, 15) is 9.59 Å². The van der Waals surface area contributed by atoms with Gasteiger partial charge in [0.1, 0.15) is 0 Å². The summed E-state index contributed by atoms with van der Waals surface area (Å²) in [6.07, 6.45) is 0.221. The third-order valence-electron chi connectivity index (χ3n) is 5.14. The number of carbonyl (C=O) groups excluding carboxylic acids is 2. The topological polar surface area (TPSA) is 43.9 Å². The lowest BCUT2D eigenvalue weighted by atomic mass is 10.1. The molecule has 4 rings (SSSR count). The number of nitrogens with zero attached hydrogens (tertiary/aromatic N) is 3. The number of imide groups is 1. The minimum Gasteiger partial charge on any atom is -0.369 e. The van der Waals surface area contributed by atoms with Crippen LogP contribution in [0.1, 0.15) is 6.42 Å². The number of benzene rings is 2. The fraction of sp³-hybridized carbons (Fsp3) is 0.300. The van der Waals surface area contributed by atoms with Crippen LogP contribution in [0.5, 0.6) is 0 Å². The highest BCUT2D eigenvalue weighted by Crippen LogP contribution is 2.28. The summed E-state index contributed by atoms with van der Waals surface area (Å²) >= 11 is 12.0. The van der Waals surface area contributed by atoms with Gasteiger partial charge in [-0.2, -0.15) is 0 Å². The van der Waals surface area contributed by atoms with Gasteiger partial charge in [-0.25, -0.2) is 4.90 Å². The first-order valence-electron chi connectivity index (χ1n) is 8.90. The van der Waals surface area contributed by atoms with Gasteiger partial charge in [0.05, 0.1) is 18.2 Å². The maximum Gasteiger partial charge on any atom is 0.251 e. The van der Waals surface area contributed by atoms with Crippen molar-refractivity contribution in [2.45, 2.75) is 12.5 Å². The molecule has 0 spiro atoms. The molecular formula is C20H19Cl2N3O2. The Labute approximate surface area is 168 Å². The quantitative estimate of drug-likeness (QED) is 0.736. The number of carbonyl (C=O) groups is 2. The second-order valence-electron chi connectivity index (χ2n) is 6.77. The van der Waals surface area contributed by atoms with E-state index < -0.39 is 6.04 Å². The molecule has 0 radical (unpaired) electrons. The maximum atomic E-state index is 12.9. The zero-order valence-corrected chi connectivity index (χ0v) is 16.2. The Bertz CT molecular complexity index is 864. The molecule has 2 aromatic rings. The van der Waals surface area contributed by atoms with Gasteiger partial charge in [-0.1, -0.05) is 29.3 Å². The van der Waals surface area contributed by atoms with E-state index in [1.807, 2.05) is 24.3 Å². The van der Waals surface area contributed by atoms with Crippen LogP contribution in [-0.2, 0) is 9.59 Å². The summed E-state index contributed by atoms with van der Waals surface area (Å²) in [4.78, 5) is 31.0. The molecule has 5 nitrogen and oxygen atoms in total. The molecule has 2 aromatic carbocycles. The third kappa shape index (κ3) is 3.68. The molecule has 0 saturated carbocycles. The first-order valence-corrected chi connectivity index (χ1v) is 9.65. The largest absolute Gasteiger partial charge is 0.369 e. The molecule has 2 fully saturated rings. The third-order valence-corrected chi connectivity index (χ3v) is 5.62. The molecule has 0 aliphatic carbocycles. The van der Waals surface area contributed by atoms with E-state index in [1.165, 1.54) is 4.90 Å². The van der Waals surface area contributed by atoms with Crippen molar-refractivity contribution in [3.05, 3.63) is 58.6 Å². The summed E-state index contributed by atoms with van der Waals surface area (Å²) in [5.74, 6) is -0.317. The summed E-state index contributed by atoms with van der Waals surface area (Å²) in [6.45, 7) is 3.04. The lowest BCUT2D eigenvalue weighted by Gasteiger charge is -2.38. The van der Waals surface area contributed by atoms with Crippen LogP contribution in [0, 0.1) is 0 Å². The van der Waals surface area contributed by atoms with Crippen LogP contribution in [0.25, 0.3) is 0 Å². The highest BCUT2D eigenvalue weighted by molar-refractivity contribution is 6.31. The van der Waals surface area contributed by atoms with E-state index in [0.29, 0.717) is 15.7 Å². The van der Waals surface area contributed by atoms with Crippen molar-refractivity contribution in [3.63, 3.8) is 0 Å². The monoisotopic (exact) mass is 403 g/mol. The van der Waals surface area contributed by atoms with Crippen molar-refractivity contribution in [2.75, 3.05) is 36.0 Å². The van der Waals surface area contributed by atoms with Crippen molar-refractivity contribution in [1.29, 1.82) is 0 Å². The number of hydrogen-bond acceptors (Lipinski definition) is 4. The van der Waals surface area contributed by atoms with E-state index in [0.717, 1.165) is 31.9 Å². The Balaban J connectivity index is 1.43. The zero-order chi connectivity index (χ0) is 19.0. The normalized spacial score (nSPS) is 21.2. The molecule has 0 N–H and O–H groups in total. The van der Waals surface area contributed by atoms with Crippen molar-refractivity contribution < 1.29 is 9.59 Å². The highest BCUT2D eigenvalue weighted by Gasteiger charge is 2.43. The number of rotatable bonds is 3. The van der Waals surface area contributed by atoms with E-state index in [-0.39, 0.29) is 18.2 Å². The molecule has 2 heterocycles. The average molecular weight is 404 g/mol. The van der Waals surface area contributed by atoms with Gasteiger partial charge in [0, 0.05) is 41.9 Å². The van der Waals surface area contributed by atoms with Crippen molar-refractivity contribution >= 4 is 46.4 Å². The molecule has 0 aromatic heterocycles. The van der Waals surface area contributed by atoms with Gasteiger partial charge in [-0.15, -0.1) is 0 Å². The Morgan fingerprint density at radius 2 is 1.52 bits per heavy atom. The molecule has 27 heavy (non-hydrogen) atoms. The zero-order valence-electron chi connectivity index (χ0n) is 14.6. The van der Waals surface area contributed by atoms with Gasteiger partial charge in [-0.05, 0) is 42.5 Å². The van der Waals surface area contributed by atoms with Gasteiger partial charge in [-0.3, -0.25) is 14.5 Å². The van der Waals surface area contributed by atoms with Crippen LogP contribution in [0.4, 0.5) is 11.4 Å². The fourth-order valence-corrected chi connectivity index (χ4v) is 4.04. The Hall–Kier alpha value is -2.08. The first-order chi connectivity index (χ1) is 13.0. The summed E-state index contributed by atoms with van der Waals surface area (Å²) in [6, 6.07) is 14.2. The van der Waals surface area contributed by atoms with Crippen LogP contribution in [-0.4, -0.2) is 48.9 Å². The van der Waals surface area contributed by atoms with E-state index in [2.05, 4.69) is 9.80 Å². The van der Waals surface area contributed by atoms with Crippen LogP contribution >= 0.6 is 23.2 Å². The number of piperazine rings is 1. The van der Waals surface area contributed by atoms with Gasteiger partial charge in [0.15, 0.2) is 0 Å². The molecule has 2 aliphatic rings. The predicted octanol–water partition coefficient (Wildman–Crippen LogP) is 3.45. The molecule has 0 unspecified atom stereocenters. The van der Waals surface area contributed by atoms with Crippen molar-refractivity contribution in [3.8, 4) is 0 Å². The van der Waals surface area contributed by atoms with E-state index in [4.69, 9.17) is 23.2 Å². The lowest BCUT2D eigenvalue weighted by Crippen LogP contribution is -2.52. The Morgan fingerprint density at radius 3 is 2.19 bits per heavy atom. The minimum absolute atomic E-state index is 0.154. The summed E-state index contributed by atoms with van der Waals surface area (Å²) in [5.41, 5.74) is 1.66. The second kappa shape index (κ2) is 7.50. The van der Waals surface area contributed by atoms with Gasteiger partial charge < -0.3 is 4.90 Å². The fourth-order valence-electron chi connectivity index (χ4n) is 3.73. The van der Waals surface area contributed by atoms with Crippen molar-refractivity contribution in [2.24, 2.45) is 0 Å². The number of halogens is 2. The highest BCUT2D eigenvalue weighted by atomic mass is 35.5. The maximum absolute atomic E-state index is 12.9. The molecule has 2 saturated heterocycles. The number of hydrogen-bond donors (Lipinski definition) is 0.